The second-order valence-electron chi connectivity index (χ2n) is 3.87. The van der Waals surface area contributed by atoms with Crippen LogP contribution in [0.5, 0.6) is 0 Å². The van der Waals surface area contributed by atoms with Gasteiger partial charge in [-0.15, -0.1) is 0 Å². The zero-order valence-electron chi connectivity index (χ0n) is 11.3. The number of hydrogen-bond donors (Lipinski definition) is 2. The summed E-state index contributed by atoms with van der Waals surface area (Å²) in [5.74, 6) is -1.70. The largest absolute Gasteiger partial charge is 0.481 e. The number of aliphatic carboxylic acids is 1. The predicted octanol–water partition coefficient (Wildman–Crippen LogP) is 1.31. The average Bonchev–Trinajstić information content (AvgIpc) is 2.34. The number of nitrogens with one attached hydrogen (secondary N) is 1. The molecule has 0 fully saturated rings. The molecule has 0 aromatic carbocycles. The summed E-state index contributed by atoms with van der Waals surface area (Å²) in [6.45, 7) is 4.01. The Bertz CT molecular complexity index is 305. The van der Waals surface area contributed by atoms with Gasteiger partial charge in [0, 0.05) is 6.42 Å². The van der Waals surface area contributed by atoms with Crippen LogP contribution in [-0.2, 0) is 19.1 Å². The van der Waals surface area contributed by atoms with Crippen molar-refractivity contribution in [2.45, 2.75) is 45.6 Å². The first-order chi connectivity index (χ1) is 9.01. The minimum absolute atomic E-state index is 0.0307. The van der Waals surface area contributed by atoms with Gasteiger partial charge in [-0.25, -0.2) is 9.59 Å². The molecule has 1 atom stereocenters. The number of amides is 1. The monoisotopic (exact) mass is 275 g/mol. The van der Waals surface area contributed by atoms with Crippen molar-refractivity contribution in [2.75, 3.05) is 13.2 Å². The second-order valence-corrected chi connectivity index (χ2v) is 3.87. The van der Waals surface area contributed by atoms with E-state index in [0.717, 1.165) is 12.8 Å². The Morgan fingerprint density at radius 1 is 1.21 bits per heavy atom. The van der Waals surface area contributed by atoms with Crippen molar-refractivity contribution in [3.63, 3.8) is 0 Å². The molecule has 1 amide bonds. The molecule has 0 heterocycles. The summed E-state index contributed by atoms with van der Waals surface area (Å²) in [5, 5.41) is 10.9. The van der Waals surface area contributed by atoms with Crippen molar-refractivity contribution in [2.24, 2.45) is 0 Å². The van der Waals surface area contributed by atoms with Gasteiger partial charge in [0.2, 0.25) is 0 Å². The van der Waals surface area contributed by atoms with E-state index >= 15 is 0 Å². The number of alkyl carbamates (subject to hydrolysis) is 1. The highest BCUT2D eigenvalue weighted by atomic mass is 16.6. The van der Waals surface area contributed by atoms with Crippen LogP contribution < -0.4 is 5.32 Å². The van der Waals surface area contributed by atoms with Crippen molar-refractivity contribution >= 4 is 18.0 Å². The molecule has 0 saturated carbocycles. The minimum Gasteiger partial charge on any atom is -0.481 e. The first kappa shape index (κ1) is 17.2. The summed E-state index contributed by atoms with van der Waals surface area (Å²) in [6.07, 6.45) is 0.604. The van der Waals surface area contributed by atoms with Gasteiger partial charge in [0.15, 0.2) is 0 Å². The molecule has 0 aromatic heterocycles. The van der Waals surface area contributed by atoms with Crippen LogP contribution in [0, 0.1) is 0 Å². The summed E-state index contributed by atoms with van der Waals surface area (Å²) in [7, 11) is 0. The molecular weight excluding hydrogens is 254 g/mol. The molecule has 0 spiro atoms. The number of ether oxygens (including phenoxy) is 2. The third kappa shape index (κ3) is 8.87. The number of carboxylic acid groups (broad SMARTS) is 1. The lowest BCUT2D eigenvalue weighted by atomic mass is 10.1. The van der Waals surface area contributed by atoms with E-state index in [-0.39, 0.29) is 26.1 Å². The molecule has 7 heteroatoms. The van der Waals surface area contributed by atoms with Crippen molar-refractivity contribution in [1.82, 2.24) is 5.32 Å². The fourth-order valence-electron chi connectivity index (χ4n) is 1.25. The molecule has 0 aromatic rings. The van der Waals surface area contributed by atoms with Crippen molar-refractivity contribution in [3.05, 3.63) is 0 Å². The molecule has 0 saturated heterocycles. The van der Waals surface area contributed by atoms with E-state index < -0.39 is 24.1 Å². The number of carbonyl (C=O) groups excluding carboxylic acids is 2. The van der Waals surface area contributed by atoms with Crippen LogP contribution >= 0.6 is 0 Å². The van der Waals surface area contributed by atoms with E-state index in [2.05, 4.69) is 5.32 Å². The molecular formula is C12H21NO6. The van der Waals surface area contributed by atoms with Crippen LogP contribution in [0.15, 0.2) is 0 Å². The van der Waals surface area contributed by atoms with Gasteiger partial charge in [0.25, 0.3) is 0 Å². The summed E-state index contributed by atoms with van der Waals surface area (Å²) in [5.41, 5.74) is 0. The number of hydrogen-bond acceptors (Lipinski definition) is 5. The number of carbonyl (C=O) groups is 3. The van der Waals surface area contributed by atoms with E-state index in [1.807, 2.05) is 6.92 Å². The molecule has 0 aliphatic heterocycles. The van der Waals surface area contributed by atoms with E-state index in [1.165, 1.54) is 0 Å². The smallest absolute Gasteiger partial charge is 0.407 e. The van der Waals surface area contributed by atoms with Crippen LogP contribution in [0.2, 0.25) is 0 Å². The molecule has 1 unspecified atom stereocenters. The maximum absolute atomic E-state index is 11.5. The fraction of sp³-hybridized carbons (Fsp3) is 0.750. The highest BCUT2D eigenvalue weighted by Gasteiger charge is 2.23. The predicted molar refractivity (Wildman–Crippen MR) is 66.7 cm³/mol. The van der Waals surface area contributed by atoms with Gasteiger partial charge in [0.1, 0.15) is 6.04 Å². The molecule has 2 N–H and O–H groups in total. The molecule has 0 aliphatic carbocycles. The Kier molecular flexibility index (Phi) is 9.20. The van der Waals surface area contributed by atoms with Crippen molar-refractivity contribution in [1.29, 1.82) is 0 Å². The third-order valence-electron chi connectivity index (χ3n) is 2.24. The first-order valence-corrected chi connectivity index (χ1v) is 6.32. The first-order valence-electron chi connectivity index (χ1n) is 6.32. The lowest BCUT2D eigenvalue weighted by Gasteiger charge is -2.16. The molecule has 0 rings (SSSR count). The van der Waals surface area contributed by atoms with Crippen LogP contribution in [0.1, 0.15) is 39.5 Å². The Morgan fingerprint density at radius 3 is 2.42 bits per heavy atom. The molecule has 0 radical (unpaired) electrons. The lowest BCUT2D eigenvalue weighted by Crippen LogP contribution is -2.42. The topological polar surface area (TPSA) is 102 Å². The van der Waals surface area contributed by atoms with Crippen LogP contribution in [0.25, 0.3) is 0 Å². The number of esters is 1. The molecule has 0 bridgehead atoms. The summed E-state index contributed by atoms with van der Waals surface area (Å²) in [6, 6.07) is -0.995. The molecule has 19 heavy (non-hydrogen) atoms. The van der Waals surface area contributed by atoms with E-state index in [0.29, 0.717) is 0 Å². The van der Waals surface area contributed by atoms with Gasteiger partial charge in [-0.3, -0.25) is 4.79 Å². The zero-order chi connectivity index (χ0) is 14.7. The van der Waals surface area contributed by atoms with Gasteiger partial charge < -0.3 is 19.9 Å². The van der Waals surface area contributed by atoms with Crippen molar-refractivity contribution in [3.8, 4) is 0 Å². The van der Waals surface area contributed by atoms with Gasteiger partial charge in [0.05, 0.1) is 13.2 Å². The SMILES string of the molecule is CCCCOC(=O)NC(CCC(=O)O)C(=O)OCC. The summed E-state index contributed by atoms with van der Waals surface area (Å²) in [4.78, 5) is 33.4. The fourth-order valence-corrected chi connectivity index (χ4v) is 1.25. The maximum atomic E-state index is 11.5. The van der Waals surface area contributed by atoms with Crippen LogP contribution in [0.4, 0.5) is 4.79 Å². The van der Waals surface area contributed by atoms with Gasteiger partial charge in [-0.05, 0) is 19.8 Å². The highest BCUT2D eigenvalue weighted by Crippen LogP contribution is 2.02. The number of unbranched alkanes of at least 4 members (excludes halogenated alkanes) is 1. The second kappa shape index (κ2) is 10.2. The maximum Gasteiger partial charge on any atom is 0.407 e. The average molecular weight is 275 g/mol. The number of rotatable bonds is 9. The van der Waals surface area contributed by atoms with Crippen LogP contribution in [0.3, 0.4) is 0 Å². The van der Waals surface area contributed by atoms with Crippen LogP contribution in [-0.4, -0.2) is 42.4 Å². The summed E-state index contributed by atoms with van der Waals surface area (Å²) < 4.78 is 9.60. The van der Waals surface area contributed by atoms with Gasteiger partial charge in [-0.2, -0.15) is 0 Å². The standard InChI is InChI=1S/C12H21NO6/c1-3-5-8-19-12(17)13-9(6-7-10(14)15)11(16)18-4-2/h9H,3-8H2,1-2H3,(H,13,17)(H,14,15). The highest BCUT2D eigenvalue weighted by molar-refractivity contribution is 5.82. The van der Waals surface area contributed by atoms with Crippen molar-refractivity contribution < 1.29 is 29.0 Å². The molecule has 7 nitrogen and oxygen atoms in total. The number of carboxylic acids is 1. The van der Waals surface area contributed by atoms with E-state index in [9.17, 15) is 14.4 Å². The van der Waals surface area contributed by atoms with E-state index in [4.69, 9.17) is 14.6 Å². The summed E-state index contributed by atoms with van der Waals surface area (Å²) >= 11 is 0. The lowest BCUT2D eigenvalue weighted by molar-refractivity contribution is -0.146. The quantitative estimate of drug-likeness (QED) is 0.486. The normalized spacial score (nSPS) is 11.5. The minimum atomic E-state index is -1.05. The van der Waals surface area contributed by atoms with Gasteiger partial charge >= 0.3 is 18.0 Å². The third-order valence-corrected chi connectivity index (χ3v) is 2.24. The Hall–Kier alpha value is -1.79. The Labute approximate surface area is 112 Å². The molecule has 110 valence electrons. The molecule has 0 aliphatic rings. The Balaban J connectivity index is 4.27. The van der Waals surface area contributed by atoms with E-state index in [1.54, 1.807) is 6.92 Å². The zero-order valence-corrected chi connectivity index (χ0v) is 11.3. The Morgan fingerprint density at radius 2 is 1.89 bits per heavy atom. The van der Waals surface area contributed by atoms with Gasteiger partial charge in [-0.1, -0.05) is 13.3 Å².